The minimum atomic E-state index is -0.467. The minimum Gasteiger partial charge on any atom is -0.331 e. The molecule has 5 aromatic carbocycles. The van der Waals surface area contributed by atoms with Gasteiger partial charge in [-0.15, -0.1) is 0 Å². The first-order chi connectivity index (χ1) is 24.0. The van der Waals surface area contributed by atoms with Gasteiger partial charge in [-0.1, -0.05) is 143 Å². The third-order valence-electron chi connectivity index (χ3n) is 10.6. The number of allylic oxidation sites excluding steroid dienone is 3. The van der Waals surface area contributed by atoms with E-state index in [1.54, 1.807) is 0 Å². The first-order valence-electron chi connectivity index (χ1n) is 18.1. The summed E-state index contributed by atoms with van der Waals surface area (Å²) in [5.74, 6) is 0.754. The number of anilines is 4. The summed E-state index contributed by atoms with van der Waals surface area (Å²) in [7, 11) is 0. The number of fused-ring (bicyclic) bond motifs is 1. The van der Waals surface area contributed by atoms with E-state index in [0.29, 0.717) is 11.8 Å². The second-order valence-corrected chi connectivity index (χ2v) is 14.6. The highest BCUT2D eigenvalue weighted by Gasteiger charge is 2.48. The Kier molecular flexibility index (Phi) is 10.0. The molecule has 0 heterocycles. The van der Waals surface area contributed by atoms with Crippen molar-refractivity contribution in [1.82, 2.24) is 0 Å². The van der Waals surface area contributed by atoms with Crippen LogP contribution in [0.15, 0.2) is 157 Å². The highest BCUT2D eigenvalue weighted by molar-refractivity contribution is 5.94. The average molecular weight is 657 g/mol. The second-order valence-electron chi connectivity index (χ2n) is 14.6. The minimum absolute atomic E-state index is 0.0549. The SMILES string of the molecule is C=C/C(=C\C1=C(N(c2ccccc2)c2ccc(C)cc2)c2ccc(C(C)C)cc2C(C)(N(c2ccccc2)c2ccc(C)cc2)C1C)C(C)C. The Morgan fingerprint density at radius 2 is 1.18 bits per heavy atom. The molecular weight excluding hydrogens is 605 g/mol. The van der Waals surface area contributed by atoms with Crippen molar-refractivity contribution in [3.8, 4) is 0 Å². The molecule has 2 nitrogen and oxygen atoms in total. The van der Waals surface area contributed by atoms with E-state index >= 15 is 0 Å². The van der Waals surface area contributed by atoms with Gasteiger partial charge in [0, 0.05) is 34.2 Å². The number of hydrogen-bond donors (Lipinski definition) is 0. The molecule has 0 amide bonds. The normalized spacial score (nSPS) is 17.6. The maximum atomic E-state index is 4.30. The molecule has 5 aromatic rings. The molecule has 0 aromatic heterocycles. The number of para-hydroxylation sites is 2. The van der Waals surface area contributed by atoms with Gasteiger partial charge in [0.05, 0.1) is 11.2 Å². The molecule has 1 aliphatic rings. The molecule has 0 bridgehead atoms. The first kappa shape index (κ1) is 34.8. The Morgan fingerprint density at radius 1 is 0.680 bits per heavy atom. The van der Waals surface area contributed by atoms with Gasteiger partial charge in [-0.25, -0.2) is 0 Å². The molecule has 2 atom stereocenters. The number of nitrogens with zero attached hydrogens (tertiary/aromatic N) is 2. The third kappa shape index (κ3) is 6.48. The van der Waals surface area contributed by atoms with Crippen LogP contribution in [0.3, 0.4) is 0 Å². The zero-order valence-corrected chi connectivity index (χ0v) is 31.1. The Balaban J connectivity index is 1.78. The molecule has 0 spiro atoms. The van der Waals surface area contributed by atoms with E-state index < -0.39 is 5.54 Å². The van der Waals surface area contributed by atoms with Crippen molar-refractivity contribution in [1.29, 1.82) is 0 Å². The van der Waals surface area contributed by atoms with Crippen LogP contribution in [-0.4, -0.2) is 0 Å². The van der Waals surface area contributed by atoms with Crippen LogP contribution in [0.25, 0.3) is 5.70 Å². The number of aryl methyl sites for hydroxylation is 2. The van der Waals surface area contributed by atoms with Crippen molar-refractivity contribution >= 4 is 28.4 Å². The van der Waals surface area contributed by atoms with E-state index in [4.69, 9.17) is 0 Å². The molecule has 2 unspecified atom stereocenters. The molecule has 1 aliphatic carbocycles. The Morgan fingerprint density at radius 3 is 1.70 bits per heavy atom. The molecule has 0 radical (unpaired) electrons. The van der Waals surface area contributed by atoms with Crippen molar-refractivity contribution in [2.75, 3.05) is 9.80 Å². The standard InChI is InChI=1S/C48H52N2/c1-10-38(33(2)3)31-45-37(8)48(9,50(42-19-15-12-16-20-42)43-28-23-36(7)24-29-43)46-32-39(34(4)5)25-30-44(46)47(45)49(40-17-13-11-14-18-40)41-26-21-35(6)22-27-41/h10-34,37H,1H2,2-9H3/b38-31+. The smallest absolute Gasteiger partial charge is 0.0747 e. The summed E-state index contributed by atoms with van der Waals surface area (Å²) in [5, 5.41) is 0. The van der Waals surface area contributed by atoms with Gasteiger partial charge in [-0.3, -0.25) is 0 Å². The number of hydrogen-bond acceptors (Lipinski definition) is 2. The maximum absolute atomic E-state index is 4.30. The van der Waals surface area contributed by atoms with E-state index in [1.807, 2.05) is 6.08 Å². The fourth-order valence-corrected chi connectivity index (χ4v) is 7.48. The second kappa shape index (κ2) is 14.4. The molecular formula is C48H52N2. The van der Waals surface area contributed by atoms with Gasteiger partial charge in [0.2, 0.25) is 0 Å². The lowest BCUT2D eigenvalue weighted by Crippen LogP contribution is -2.50. The van der Waals surface area contributed by atoms with Crippen molar-refractivity contribution in [3.05, 3.63) is 185 Å². The van der Waals surface area contributed by atoms with Crippen LogP contribution in [0.2, 0.25) is 0 Å². The summed E-state index contributed by atoms with van der Waals surface area (Å²) in [6, 6.07) is 47.0. The molecule has 0 aliphatic heterocycles. The highest BCUT2D eigenvalue weighted by Crippen LogP contribution is 2.55. The van der Waals surface area contributed by atoms with E-state index in [9.17, 15) is 0 Å². The van der Waals surface area contributed by atoms with Crippen LogP contribution in [-0.2, 0) is 5.54 Å². The van der Waals surface area contributed by atoms with Gasteiger partial charge in [0.15, 0.2) is 0 Å². The predicted molar refractivity (Wildman–Crippen MR) is 217 cm³/mol. The summed E-state index contributed by atoms with van der Waals surface area (Å²) >= 11 is 0. The summed E-state index contributed by atoms with van der Waals surface area (Å²) in [4.78, 5) is 5.07. The van der Waals surface area contributed by atoms with Crippen molar-refractivity contribution in [3.63, 3.8) is 0 Å². The van der Waals surface area contributed by atoms with Gasteiger partial charge in [0.1, 0.15) is 0 Å². The average Bonchev–Trinajstić information content (AvgIpc) is 3.12. The molecule has 2 heteroatoms. The summed E-state index contributed by atoms with van der Waals surface area (Å²) in [6.07, 6.45) is 4.49. The van der Waals surface area contributed by atoms with Gasteiger partial charge < -0.3 is 9.80 Å². The molecule has 6 rings (SSSR count). The summed E-state index contributed by atoms with van der Waals surface area (Å²) in [5.41, 5.74) is 14.3. The summed E-state index contributed by atoms with van der Waals surface area (Å²) in [6.45, 7) is 22.6. The van der Waals surface area contributed by atoms with Gasteiger partial charge >= 0.3 is 0 Å². The summed E-state index contributed by atoms with van der Waals surface area (Å²) < 4.78 is 0. The molecule has 0 saturated heterocycles. The number of benzene rings is 5. The van der Waals surface area contributed by atoms with Crippen molar-refractivity contribution < 1.29 is 0 Å². The Hall–Kier alpha value is -5.08. The van der Waals surface area contributed by atoms with E-state index in [0.717, 1.165) is 11.4 Å². The lowest BCUT2D eigenvalue weighted by atomic mass is 9.66. The van der Waals surface area contributed by atoms with Crippen LogP contribution in [0.4, 0.5) is 22.7 Å². The molecule has 0 N–H and O–H groups in total. The number of rotatable bonds is 10. The van der Waals surface area contributed by atoms with Crippen LogP contribution < -0.4 is 9.80 Å². The van der Waals surface area contributed by atoms with Crippen LogP contribution in [0, 0.1) is 25.7 Å². The fraction of sp³-hybridized carbons (Fsp3) is 0.250. The highest BCUT2D eigenvalue weighted by atomic mass is 15.2. The van der Waals surface area contributed by atoms with Crippen LogP contribution in [0.1, 0.15) is 75.3 Å². The quantitative estimate of drug-likeness (QED) is 0.138. The molecule has 50 heavy (non-hydrogen) atoms. The Labute approximate surface area is 301 Å². The lowest BCUT2D eigenvalue weighted by molar-refractivity contribution is 0.360. The first-order valence-corrected chi connectivity index (χ1v) is 18.1. The lowest BCUT2D eigenvalue weighted by Gasteiger charge is -2.52. The van der Waals surface area contributed by atoms with E-state index in [2.05, 4.69) is 205 Å². The zero-order valence-electron chi connectivity index (χ0n) is 31.1. The predicted octanol–water partition coefficient (Wildman–Crippen LogP) is 13.4. The zero-order chi connectivity index (χ0) is 35.6. The van der Waals surface area contributed by atoms with Crippen LogP contribution >= 0.6 is 0 Å². The topological polar surface area (TPSA) is 6.48 Å². The van der Waals surface area contributed by atoms with Crippen molar-refractivity contribution in [2.45, 2.75) is 66.8 Å². The van der Waals surface area contributed by atoms with E-state index in [1.165, 1.54) is 56.0 Å². The Bertz CT molecular complexity index is 2000. The fourth-order valence-electron chi connectivity index (χ4n) is 7.48. The molecule has 0 saturated carbocycles. The molecule has 0 fully saturated rings. The van der Waals surface area contributed by atoms with E-state index in [-0.39, 0.29) is 5.92 Å². The van der Waals surface area contributed by atoms with Crippen molar-refractivity contribution in [2.24, 2.45) is 11.8 Å². The maximum Gasteiger partial charge on any atom is 0.0747 e. The molecule has 254 valence electrons. The third-order valence-corrected chi connectivity index (χ3v) is 10.6. The van der Waals surface area contributed by atoms with Crippen LogP contribution in [0.5, 0.6) is 0 Å². The van der Waals surface area contributed by atoms with Gasteiger partial charge in [0.25, 0.3) is 0 Å². The largest absolute Gasteiger partial charge is 0.331 e. The van der Waals surface area contributed by atoms with Gasteiger partial charge in [-0.2, -0.15) is 0 Å². The monoisotopic (exact) mass is 656 g/mol. The van der Waals surface area contributed by atoms with Gasteiger partial charge in [-0.05, 0) is 103 Å².